The molecule has 0 aromatic carbocycles. The molecule has 46 valence electrons. The summed E-state index contributed by atoms with van der Waals surface area (Å²) in [5.41, 5.74) is 0. The Kier molecular flexibility index (Phi) is 1.42. The molecule has 0 radical (unpaired) electrons. The molecular weight excluding hydrogens is 102 g/mol. The smallest absolute Gasteiger partial charge is 0.109 e. The SMILES string of the molecule is CC1=CN[C@@H](C)CO1. The summed E-state index contributed by atoms with van der Waals surface area (Å²) in [6, 6.07) is 0.471. The van der Waals surface area contributed by atoms with Crippen LogP contribution in [0.15, 0.2) is 12.0 Å². The van der Waals surface area contributed by atoms with Gasteiger partial charge in [0.05, 0.1) is 6.04 Å². The first kappa shape index (κ1) is 5.48. The van der Waals surface area contributed by atoms with Gasteiger partial charge in [-0.15, -0.1) is 0 Å². The molecule has 0 unspecified atom stereocenters. The van der Waals surface area contributed by atoms with Gasteiger partial charge in [0.1, 0.15) is 12.4 Å². The maximum atomic E-state index is 5.19. The molecule has 1 atom stereocenters. The second-order valence-electron chi connectivity index (χ2n) is 2.13. The summed E-state index contributed by atoms with van der Waals surface area (Å²) >= 11 is 0. The fraction of sp³-hybridized carbons (Fsp3) is 0.667. The summed E-state index contributed by atoms with van der Waals surface area (Å²) in [5.74, 6) is 0.975. The molecule has 0 spiro atoms. The molecular formula is C6H11NO. The first-order valence-electron chi connectivity index (χ1n) is 2.84. The van der Waals surface area contributed by atoms with Crippen LogP contribution < -0.4 is 5.32 Å². The lowest BCUT2D eigenvalue weighted by atomic mass is 10.3. The predicted octanol–water partition coefficient (Wildman–Crippen LogP) is 0.856. The Bertz CT molecular complexity index is 109. The quantitative estimate of drug-likeness (QED) is 0.503. The average Bonchev–Trinajstić information content (AvgIpc) is 1.77. The van der Waals surface area contributed by atoms with Gasteiger partial charge in [-0.05, 0) is 13.8 Å². The Morgan fingerprint density at radius 2 is 2.62 bits per heavy atom. The van der Waals surface area contributed by atoms with Crippen LogP contribution in [0, 0.1) is 0 Å². The third-order valence-corrected chi connectivity index (χ3v) is 1.13. The van der Waals surface area contributed by atoms with Crippen molar-refractivity contribution < 1.29 is 4.74 Å². The highest BCUT2D eigenvalue weighted by Gasteiger charge is 2.04. The summed E-state index contributed by atoms with van der Waals surface area (Å²) in [5, 5.41) is 3.14. The van der Waals surface area contributed by atoms with E-state index >= 15 is 0 Å². The van der Waals surface area contributed by atoms with Gasteiger partial charge in [0.15, 0.2) is 0 Å². The van der Waals surface area contributed by atoms with E-state index in [-0.39, 0.29) is 0 Å². The van der Waals surface area contributed by atoms with Crippen molar-refractivity contribution in [3.8, 4) is 0 Å². The lowest BCUT2D eigenvalue weighted by Crippen LogP contribution is -2.30. The Morgan fingerprint density at radius 1 is 1.88 bits per heavy atom. The monoisotopic (exact) mass is 113 g/mol. The van der Waals surface area contributed by atoms with Crippen LogP contribution in [0.1, 0.15) is 13.8 Å². The molecule has 1 rings (SSSR count). The van der Waals surface area contributed by atoms with Crippen LogP contribution >= 0.6 is 0 Å². The van der Waals surface area contributed by atoms with E-state index in [0.29, 0.717) is 6.04 Å². The molecule has 1 heterocycles. The number of hydrogen-bond donors (Lipinski definition) is 1. The van der Waals surface area contributed by atoms with Gasteiger partial charge in [0.25, 0.3) is 0 Å². The van der Waals surface area contributed by atoms with Gasteiger partial charge in [-0.2, -0.15) is 0 Å². The number of hydrogen-bond acceptors (Lipinski definition) is 2. The Hall–Kier alpha value is -0.660. The van der Waals surface area contributed by atoms with E-state index in [0.717, 1.165) is 12.4 Å². The second-order valence-corrected chi connectivity index (χ2v) is 2.13. The van der Waals surface area contributed by atoms with Gasteiger partial charge in [0.2, 0.25) is 0 Å². The molecule has 0 aliphatic carbocycles. The highest BCUT2D eigenvalue weighted by molar-refractivity contribution is 4.92. The van der Waals surface area contributed by atoms with Crippen LogP contribution in [0.25, 0.3) is 0 Å². The minimum atomic E-state index is 0.471. The van der Waals surface area contributed by atoms with E-state index in [2.05, 4.69) is 12.2 Å². The summed E-state index contributed by atoms with van der Waals surface area (Å²) < 4.78 is 5.19. The van der Waals surface area contributed by atoms with Gasteiger partial charge in [-0.25, -0.2) is 0 Å². The van der Waals surface area contributed by atoms with Crippen molar-refractivity contribution in [3.05, 3.63) is 12.0 Å². The molecule has 0 saturated heterocycles. The highest BCUT2D eigenvalue weighted by Crippen LogP contribution is 2.00. The largest absolute Gasteiger partial charge is 0.495 e. The molecule has 2 nitrogen and oxygen atoms in total. The molecule has 0 amide bonds. The molecule has 0 bridgehead atoms. The van der Waals surface area contributed by atoms with Crippen LogP contribution in [0.3, 0.4) is 0 Å². The van der Waals surface area contributed by atoms with Crippen LogP contribution in [-0.4, -0.2) is 12.6 Å². The molecule has 8 heavy (non-hydrogen) atoms. The maximum absolute atomic E-state index is 5.19. The standard InChI is InChI=1S/C6H11NO/c1-5-4-8-6(2)3-7-5/h3,5,7H,4H2,1-2H3/t5-/m0/s1. The number of nitrogens with one attached hydrogen (secondary N) is 1. The van der Waals surface area contributed by atoms with Crippen LogP contribution in [0.2, 0.25) is 0 Å². The molecule has 1 N–H and O–H groups in total. The molecule has 0 aromatic rings. The zero-order valence-corrected chi connectivity index (χ0v) is 5.27. The number of ether oxygens (including phenoxy) is 1. The average molecular weight is 113 g/mol. The van der Waals surface area contributed by atoms with Gasteiger partial charge in [-0.3, -0.25) is 0 Å². The number of rotatable bonds is 0. The van der Waals surface area contributed by atoms with E-state index in [1.807, 2.05) is 13.1 Å². The second kappa shape index (κ2) is 2.07. The van der Waals surface area contributed by atoms with Gasteiger partial charge >= 0.3 is 0 Å². The normalized spacial score (nSPS) is 27.8. The first-order valence-corrected chi connectivity index (χ1v) is 2.84. The first-order chi connectivity index (χ1) is 3.79. The molecule has 0 fully saturated rings. The van der Waals surface area contributed by atoms with Gasteiger partial charge in [-0.1, -0.05) is 0 Å². The Balaban J connectivity index is 2.42. The van der Waals surface area contributed by atoms with Crippen LogP contribution in [0.5, 0.6) is 0 Å². The third kappa shape index (κ3) is 1.15. The van der Waals surface area contributed by atoms with Crippen molar-refractivity contribution in [1.29, 1.82) is 0 Å². The minimum Gasteiger partial charge on any atom is -0.495 e. The predicted molar refractivity (Wildman–Crippen MR) is 32.3 cm³/mol. The van der Waals surface area contributed by atoms with Crippen molar-refractivity contribution in [2.45, 2.75) is 19.9 Å². The zero-order valence-electron chi connectivity index (χ0n) is 5.27. The van der Waals surface area contributed by atoms with Crippen LogP contribution in [0.4, 0.5) is 0 Å². The fourth-order valence-electron chi connectivity index (χ4n) is 0.606. The molecule has 0 saturated carbocycles. The summed E-state index contributed by atoms with van der Waals surface area (Å²) in [7, 11) is 0. The molecule has 2 heteroatoms. The maximum Gasteiger partial charge on any atom is 0.109 e. The lowest BCUT2D eigenvalue weighted by Gasteiger charge is -2.19. The van der Waals surface area contributed by atoms with E-state index in [1.165, 1.54) is 0 Å². The Morgan fingerprint density at radius 3 is 3.00 bits per heavy atom. The van der Waals surface area contributed by atoms with Crippen molar-refractivity contribution >= 4 is 0 Å². The minimum absolute atomic E-state index is 0.471. The number of allylic oxidation sites excluding steroid dienone is 1. The summed E-state index contributed by atoms with van der Waals surface area (Å²) in [6.07, 6.45) is 1.90. The summed E-state index contributed by atoms with van der Waals surface area (Å²) in [6.45, 7) is 4.82. The molecule has 1 aliphatic rings. The van der Waals surface area contributed by atoms with E-state index in [9.17, 15) is 0 Å². The van der Waals surface area contributed by atoms with Crippen molar-refractivity contribution in [3.63, 3.8) is 0 Å². The van der Waals surface area contributed by atoms with E-state index in [4.69, 9.17) is 4.74 Å². The van der Waals surface area contributed by atoms with Crippen molar-refractivity contribution in [1.82, 2.24) is 5.32 Å². The highest BCUT2D eigenvalue weighted by atomic mass is 16.5. The van der Waals surface area contributed by atoms with Gasteiger partial charge < -0.3 is 10.1 Å². The fourth-order valence-corrected chi connectivity index (χ4v) is 0.606. The molecule has 0 aromatic heterocycles. The van der Waals surface area contributed by atoms with Crippen molar-refractivity contribution in [2.75, 3.05) is 6.61 Å². The third-order valence-electron chi connectivity index (χ3n) is 1.13. The summed E-state index contributed by atoms with van der Waals surface area (Å²) in [4.78, 5) is 0. The topological polar surface area (TPSA) is 21.3 Å². The van der Waals surface area contributed by atoms with E-state index < -0.39 is 0 Å². The van der Waals surface area contributed by atoms with E-state index in [1.54, 1.807) is 0 Å². The van der Waals surface area contributed by atoms with Crippen molar-refractivity contribution in [2.24, 2.45) is 0 Å². The van der Waals surface area contributed by atoms with Gasteiger partial charge in [0, 0.05) is 6.20 Å². The lowest BCUT2D eigenvalue weighted by molar-refractivity contribution is 0.171. The van der Waals surface area contributed by atoms with Crippen LogP contribution in [-0.2, 0) is 4.74 Å². The Labute approximate surface area is 49.5 Å². The molecule has 1 aliphatic heterocycles. The zero-order chi connectivity index (χ0) is 5.98.